The van der Waals surface area contributed by atoms with Crippen molar-refractivity contribution in [2.75, 3.05) is 5.33 Å². The molecule has 0 saturated carbocycles. The van der Waals surface area contributed by atoms with Crippen molar-refractivity contribution in [3.63, 3.8) is 0 Å². The van der Waals surface area contributed by atoms with E-state index in [2.05, 4.69) is 35.9 Å². The van der Waals surface area contributed by atoms with Crippen LogP contribution in [-0.4, -0.2) is 11.1 Å². The fourth-order valence-corrected chi connectivity index (χ4v) is 1.32. The molecule has 0 amide bonds. The van der Waals surface area contributed by atoms with E-state index >= 15 is 0 Å². The van der Waals surface area contributed by atoms with Crippen molar-refractivity contribution in [3.8, 4) is 0 Å². The van der Waals surface area contributed by atoms with Gasteiger partial charge in [-0.1, -0.05) is 40.9 Å². The highest BCUT2D eigenvalue weighted by Crippen LogP contribution is 2.06. The monoisotopic (exact) mass is 232 g/mol. The third-order valence-electron chi connectivity index (χ3n) is 1.71. The van der Waals surface area contributed by atoms with E-state index in [4.69, 9.17) is 0 Å². The lowest BCUT2D eigenvalue weighted by Gasteiger charge is -1.97. The van der Waals surface area contributed by atoms with Crippen molar-refractivity contribution in [2.45, 2.75) is 39.5 Å². The first-order valence-electron chi connectivity index (χ1n) is 4.44. The molecule has 0 rings (SSSR count). The molecule has 0 aromatic rings. The van der Waals surface area contributed by atoms with Gasteiger partial charge in [0.2, 0.25) is 0 Å². The molecule has 0 radical (unpaired) electrons. The second-order valence-electron chi connectivity index (χ2n) is 3.01. The molecule has 70 valence electrons. The van der Waals surface area contributed by atoms with E-state index in [1.165, 1.54) is 12.0 Å². The lowest BCUT2D eigenvalue weighted by Crippen LogP contribution is -1.96. The SMILES string of the molecule is CCC/C(C)=C/CCC(=O)CBr. The minimum atomic E-state index is 0.288. The summed E-state index contributed by atoms with van der Waals surface area (Å²) in [5.41, 5.74) is 1.40. The molecule has 0 spiro atoms. The Hall–Kier alpha value is -0.110. The minimum absolute atomic E-state index is 0.288. The van der Waals surface area contributed by atoms with Gasteiger partial charge in [-0.25, -0.2) is 0 Å². The minimum Gasteiger partial charge on any atom is -0.299 e. The molecule has 0 aliphatic rings. The second kappa shape index (κ2) is 7.53. The van der Waals surface area contributed by atoms with Gasteiger partial charge >= 0.3 is 0 Å². The molecule has 2 heteroatoms. The first-order chi connectivity index (χ1) is 5.70. The van der Waals surface area contributed by atoms with E-state index in [0.717, 1.165) is 12.8 Å². The zero-order valence-corrected chi connectivity index (χ0v) is 9.49. The van der Waals surface area contributed by atoms with E-state index in [9.17, 15) is 4.79 Å². The summed E-state index contributed by atoms with van der Waals surface area (Å²) < 4.78 is 0. The van der Waals surface area contributed by atoms with Crippen molar-refractivity contribution in [1.82, 2.24) is 0 Å². The fraction of sp³-hybridized carbons (Fsp3) is 0.700. The Morgan fingerprint density at radius 1 is 1.42 bits per heavy atom. The van der Waals surface area contributed by atoms with Crippen molar-refractivity contribution >= 4 is 21.7 Å². The maximum absolute atomic E-state index is 10.9. The number of allylic oxidation sites excluding steroid dienone is 2. The van der Waals surface area contributed by atoms with Crippen LogP contribution in [0.3, 0.4) is 0 Å². The van der Waals surface area contributed by atoms with Gasteiger partial charge in [0.15, 0.2) is 0 Å². The molecule has 0 aliphatic heterocycles. The third kappa shape index (κ3) is 6.59. The summed E-state index contributed by atoms with van der Waals surface area (Å²) in [5.74, 6) is 0.288. The fourth-order valence-electron chi connectivity index (χ4n) is 1.04. The van der Waals surface area contributed by atoms with Gasteiger partial charge < -0.3 is 0 Å². The Kier molecular flexibility index (Phi) is 7.47. The van der Waals surface area contributed by atoms with Crippen LogP contribution in [0.1, 0.15) is 39.5 Å². The summed E-state index contributed by atoms with van der Waals surface area (Å²) in [6.07, 6.45) is 6.09. The van der Waals surface area contributed by atoms with Crippen LogP contribution in [0.25, 0.3) is 0 Å². The maximum atomic E-state index is 10.9. The number of alkyl halides is 1. The van der Waals surface area contributed by atoms with Gasteiger partial charge in [-0.05, 0) is 19.8 Å². The Bertz CT molecular complexity index is 161. The first-order valence-corrected chi connectivity index (χ1v) is 5.56. The van der Waals surface area contributed by atoms with Gasteiger partial charge in [-0.15, -0.1) is 0 Å². The van der Waals surface area contributed by atoms with Gasteiger partial charge in [0.25, 0.3) is 0 Å². The average Bonchev–Trinajstić information content (AvgIpc) is 2.04. The highest BCUT2D eigenvalue weighted by Gasteiger charge is 1.96. The molecule has 0 fully saturated rings. The van der Waals surface area contributed by atoms with Crippen LogP contribution in [0.5, 0.6) is 0 Å². The molecule has 0 bridgehead atoms. The largest absolute Gasteiger partial charge is 0.299 e. The van der Waals surface area contributed by atoms with Gasteiger partial charge in [-0.3, -0.25) is 4.79 Å². The Balaban J connectivity index is 3.52. The van der Waals surface area contributed by atoms with Gasteiger partial charge in [0.05, 0.1) is 5.33 Å². The summed E-state index contributed by atoms with van der Waals surface area (Å²) in [7, 11) is 0. The average molecular weight is 233 g/mol. The predicted octanol–water partition coefficient (Wildman–Crippen LogP) is 3.48. The van der Waals surface area contributed by atoms with Crippen molar-refractivity contribution < 1.29 is 4.79 Å². The number of hydrogen-bond donors (Lipinski definition) is 0. The first kappa shape index (κ1) is 11.9. The molecule has 0 saturated heterocycles. The Morgan fingerprint density at radius 2 is 2.08 bits per heavy atom. The predicted molar refractivity (Wildman–Crippen MR) is 56.7 cm³/mol. The quantitative estimate of drug-likeness (QED) is 0.507. The van der Waals surface area contributed by atoms with E-state index in [1.54, 1.807) is 0 Å². The van der Waals surface area contributed by atoms with E-state index in [1.807, 2.05) is 0 Å². The molecule has 0 aromatic carbocycles. The molecule has 0 aliphatic carbocycles. The molecule has 0 atom stereocenters. The van der Waals surface area contributed by atoms with E-state index in [-0.39, 0.29) is 5.78 Å². The molecular formula is C10H17BrO. The zero-order valence-electron chi connectivity index (χ0n) is 7.90. The molecule has 12 heavy (non-hydrogen) atoms. The molecule has 0 unspecified atom stereocenters. The van der Waals surface area contributed by atoms with Gasteiger partial charge in [-0.2, -0.15) is 0 Å². The number of Topliss-reactive ketones (excluding diaryl/α,β-unsaturated/α-hetero) is 1. The lowest BCUT2D eigenvalue weighted by atomic mass is 10.1. The van der Waals surface area contributed by atoms with Crippen LogP contribution in [0.2, 0.25) is 0 Å². The third-order valence-corrected chi connectivity index (χ3v) is 2.33. The standard InChI is InChI=1S/C10H17BrO/c1-3-5-9(2)6-4-7-10(12)8-11/h6H,3-5,7-8H2,1-2H3/b9-6+. The van der Waals surface area contributed by atoms with Crippen molar-refractivity contribution in [3.05, 3.63) is 11.6 Å². The summed E-state index contributed by atoms with van der Waals surface area (Å²) in [6, 6.07) is 0. The normalized spacial score (nSPS) is 11.8. The van der Waals surface area contributed by atoms with Gasteiger partial charge in [0.1, 0.15) is 5.78 Å². The Labute approximate surface area is 83.4 Å². The number of hydrogen-bond acceptors (Lipinski definition) is 1. The van der Waals surface area contributed by atoms with Crippen LogP contribution in [0.4, 0.5) is 0 Å². The molecule has 0 N–H and O–H groups in total. The van der Waals surface area contributed by atoms with Crippen molar-refractivity contribution in [2.24, 2.45) is 0 Å². The molecular weight excluding hydrogens is 216 g/mol. The summed E-state index contributed by atoms with van der Waals surface area (Å²) in [4.78, 5) is 10.9. The van der Waals surface area contributed by atoms with E-state index in [0.29, 0.717) is 11.8 Å². The van der Waals surface area contributed by atoms with Crippen molar-refractivity contribution in [1.29, 1.82) is 0 Å². The summed E-state index contributed by atoms with van der Waals surface area (Å²) >= 11 is 3.14. The summed E-state index contributed by atoms with van der Waals surface area (Å²) in [5, 5.41) is 0.494. The molecule has 1 nitrogen and oxygen atoms in total. The van der Waals surface area contributed by atoms with Crippen LogP contribution >= 0.6 is 15.9 Å². The highest BCUT2D eigenvalue weighted by atomic mass is 79.9. The topological polar surface area (TPSA) is 17.1 Å². The van der Waals surface area contributed by atoms with Crippen LogP contribution in [-0.2, 0) is 4.79 Å². The number of carbonyl (C=O) groups is 1. The highest BCUT2D eigenvalue weighted by molar-refractivity contribution is 9.09. The van der Waals surface area contributed by atoms with Crippen LogP contribution < -0.4 is 0 Å². The van der Waals surface area contributed by atoms with Crippen LogP contribution in [0, 0.1) is 0 Å². The summed E-state index contributed by atoms with van der Waals surface area (Å²) in [6.45, 7) is 4.29. The molecule has 0 heterocycles. The van der Waals surface area contributed by atoms with Gasteiger partial charge in [0, 0.05) is 6.42 Å². The number of halogens is 1. The number of ketones is 1. The number of carbonyl (C=O) groups excluding carboxylic acids is 1. The smallest absolute Gasteiger partial charge is 0.143 e. The van der Waals surface area contributed by atoms with Crippen LogP contribution in [0.15, 0.2) is 11.6 Å². The number of rotatable bonds is 6. The Morgan fingerprint density at radius 3 is 2.58 bits per heavy atom. The second-order valence-corrected chi connectivity index (χ2v) is 3.57. The lowest BCUT2D eigenvalue weighted by molar-refractivity contribution is -0.116. The maximum Gasteiger partial charge on any atom is 0.143 e. The van der Waals surface area contributed by atoms with E-state index < -0.39 is 0 Å². The molecule has 0 aromatic heterocycles. The zero-order chi connectivity index (χ0) is 9.40.